The third-order valence-electron chi connectivity index (χ3n) is 2.20. The Morgan fingerprint density at radius 1 is 1.25 bits per heavy atom. The SMILES string of the molecule is CS(=O)(=O)c1ccc(C(=O)NCCSC(F)(F)F)cc1. The van der Waals surface area contributed by atoms with E-state index in [0.29, 0.717) is 0 Å². The van der Waals surface area contributed by atoms with Gasteiger partial charge in [0.2, 0.25) is 0 Å². The van der Waals surface area contributed by atoms with Crippen molar-refractivity contribution in [1.82, 2.24) is 5.32 Å². The van der Waals surface area contributed by atoms with Gasteiger partial charge in [0.1, 0.15) is 0 Å². The average Bonchev–Trinajstić information content (AvgIpc) is 2.32. The molecule has 0 heterocycles. The molecule has 0 bridgehead atoms. The Balaban J connectivity index is 2.53. The van der Waals surface area contributed by atoms with Crippen molar-refractivity contribution in [3.63, 3.8) is 0 Å². The molecule has 0 fully saturated rings. The first kappa shape index (κ1) is 16.8. The van der Waals surface area contributed by atoms with Gasteiger partial charge < -0.3 is 5.32 Å². The third-order valence-corrected chi connectivity index (χ3v) is 4.06. The molecule has 1 amide bonds. The highest BCUT2D eigenvalue weighted by atomic mass is 32.2. The number of amides is 1. The lowest BCUT2D eigenvalue weighted by atomic mass is 10.2. The number of thioether (sulfide) groups is 1. The number of sulfone groups is 1. The molecule has 0 atom stereocenters. The van der Waals surface area contributed by atoms with E-state index in [0.717, 1.165) is 6.26 Å². The van der Waals surface area contributed by atoms with Crippen molar-refractivity contribution in [2.45, 2.75) is 10.4 Å². The van der Waals surface area contributed by atoms with E-state index < -0.39 is 21.3 Å². The lowest BCUT2D eigenvalue weighted by Crippen LogP contribution is -2.26. The van der Waals surface area contributed by atoms with Crippen molar-refractivity contribution >= 4 is 27.5 Å². The fraction of sp³-hybridized carbons (Fsp3) is 0.364. The number of benzene rings is 1. The third kappa shape index (κ3) is 5.83. The van der Waals surface area contributed by atoms with Gasteiger partial charge in [-0.05, 0) is 36.0 Å². The van der Waals surface area contributed by atoms with Gasteiger partial charge in [0, 0.05) is 24.1 Å². The Kier molecular flexibility index (Phi) is 5.46. The summed E-state index contributed by atoms with van der Waals surface area (Å²) in [6.07, 6.45) is 1.04. The van der Waals surface area contributed by atoms with Gasteiger partial charge in [0.05, 0.1) is 4.90 Å². The van der Waals surface area contributed by atoms with Crippen molar-refractivity contribution in [1.29, 1.82) is 0 Å². The fourth-order valence-corrected chi connectivity index (χ4v) is 2.35. The maximum atomic E-state index is 11.9. The van der Waals surface area contributed by atoms with Crippen LogP contribution in [0.2, 0.25) is 0 Å². The number of halogens is 3. The minimum Gasteiger partial charge on any atom is -0.351 e. The van der Waals surface area contributed by atoms with E-state index in [-0.39, 0.29) is 34.5 Å². The molecule has 1 rings (SSSR count). The summed E-state index contributed by atoms with van der Waals surface area (Å²) in [5.74, 6) is -0.829. The Hall–Kier alpha value is -1.22. The molecule has 0 unspecified atom stereocenters. The second-order valence-corrected chi connectivity index (χ2v) is 7.02. The molecule has 0 aliphatic rings. The van der Waals surface area contributed by atoms with E-state index >= 15 is 0 Å². The zero-order valence-electron chi connectivity index (χ0n) is 10.4. The molecule has 0 aliphatic carbocycles. The van der Waals surface area contributed by atoms with Crippen LogP contribution in [0.5, 0.6) is 0 Å². The molecular formula is C11H12F3NO3S2. The Morgan fingerprint density at radius 3 is 2.25 bits per heavy atom. The quantitative estimate of drug-likeness (QED) is 0.841. The lowest BCUT2D eigenvalue weighted by molar-refractivity contribution is -0.0327. The largest absolute Gasteiger partial charge is 0.441 e. The Morgan fingerprint density at radius 2 is 1.80 bits per heavy atom. The summed E-state index contributed by atoms with van der Waals surface area (Å²) >= 11 is -0.217. The van der Waals surface area contributed by atoms with Crippen LogP contribution >= 0.6 is 11.8 Å². The topological polar surface area (TPSA) is 63.2 Å². The van der Waals surface area contributed by atoms with Crippen LogP contribution in [-0.4, -0.2) is 38.4 Å². The van der Waals surface area contributed by atoms with E-state index in [4.69, 9.17) is 0 Å². The molecular weight excluding hydrogens is 315 g/mol. The van der Waals surface area contributed by atoms with Gasteiger partial charge in [-0.15, -0.1) is 0 Å². The summed E-state index contributed by atoms with van der Waals surface area (Å²) in [4.78, 5) is 11.7. The zero-order chi connectivity index (χ0) is 15.4. The molecule has 0 saturated carbocycles. The standard InChI is InChI=1S/C11H12F3NO3S2/c1-20(17,18)9-4-2-8(3-5-9)10(16)15-6-7-19-11(12,13)14/h2-5H,6-7H2,1H3,(H,15,16). The van der Waals surface area contributed by atoms with Crippen LogP contribution in [0.15, 0.2) is 29.2 Å². The van der Waals surface area contributed by atoms with Gasteiger partial charge in [-0.3, -0.25) is 4.79 Å². The minimum absolute atomic E-state index is 0.0710. The fourth-order valence-electron chi connectivity index (χ4n) is 1.29. The van der Waals surface area contributed by atoms with Crippen molar-refractivity contribution in [2.24, 2.45) is 0 Å². The zero-order valence-corrected chi connectivity index (χ0v) is 12.0. The average molecular weight is 327 g/mol. The molecule has 0 aromatic heterocycles. The first-order valence-electron chi connectivity index (χ1n) is 5.38. The number of nitrogens with one attached hydrogen (secondary N) is 1. The van der Waals surface area contributed by atoms with Crippen LogP contribution in [0.25, 0.3) is 0 Å². The summed E-state index contributed by atoms with van der Waals surface area (Å²) in [5.41, 5.74) is -4.13. The first-order valence-corrected chi connectivity index (χ1v) is 8.26. The Bertz CT molecular complexity index is 568. The van der Waals surface area contributed by atoms with E-state index in [9.17, 15) is 26.4 Å². The normalized spacial score (nSPS) is 12.2. The van der Waals surface area contributed by atoms with Gasteiger partial charge in [0.15, 0.2) is 9.84 Å². The number of hydrogen-bond donors (Lipinski definition) is 1. The van der Waals surface area contributed by atoms with Crippen molar-refractivity contribution in [3.05, 3.63) is 29.8 Å². The highest BCUT2D eigenvalue weighted by Gasteiger charge is 2.27. The molecule has 1 aromatic carbocycles. The molecule has 0 spiro atoms. The van der Waals surface area contributed by atoms with Crippen LogP contribution in [-0.2, 0) is 9.84 Å². The van der Waals surface area contributed by atoms with Crippen molar-refractivity contribution in [3.8, 4) is 0 Å². The smallest absolute Gasteiger partial charge is 0.351 e. The highest BCUT2D eigenvalue weighted by molar-refractivity contribution is 8.00. The molecule has 0 saturated heterocycles. The van der Waals surface area contributed by atoms with Crippen molar-refractivity contribution in [2.75, 3.05) is 18.6 Å². The summed E-state index contributed by atoms with van der Waals surface area (Å²) in [5, 5.41) is 2.32. The molecule has 112 valence electrons. The van der Waals surface area contributed by atoms with Gasteiger partial charge in [0.25, 0.3) is 5.91 Å². The highest BCUT2D eigenvalue weighted by Crippen LogP contribution is 2.29. The summed E-state index contributed by atoms with van der Waals surface area (Å²) < 4.78 is 58.0. The van der Waals surface area contributed by atoms with E-state index in [1.165, 1.54) is 24.3 Å². The molecule has 1 N–H and O–H groups in total. The van der Waals surface area contributed by atoms with Crippen LogP contribution in [0.4, 0.5) is 13.2 Å². The Labute approximate surface area is 118 Å². The van der Waals surface area contributed by atoms with E-state index in [1.807, 2.05) is 0 Å². The minimum atomic E-state index is -4.32. The predicted molar refractivity (Wildman–Crippen MR) is 70.4 cm³/mol. The maximum absolute atomic E-state index is 11.9. The number of carbonyl (C=O) groups excluding carboxylic acids is 1. The monoisotopic (exact) mass is 327 g/mol. The summed E-state index contributed by atoms with van der Waals surface area (Å²) in [7, 11) is -3.34. The second kappa shape index (κ2) is 6.49. The number of rotatable bonds is 5. The predicted octanol–water partition coefficient (Wildman–Crippen LogP) is 2.07. The van der Waals surface area contributed by atoms with Crippen LogP contribution in [0, 0.1) is 0 Å². The number of hydrogen-bond acceptors (Lipinski definition) is 4. The second-order valence-electron chi connectivity index (χ2n) is 3.85. The number of carbonyl (C=O) groups is 1. The van der Waals surface area contributed by atoms with Crippen LogP contribution in [0.1, 0.15) is 10.4 Å². The maximum Gasteiger partial charge on any atom is 0.441 e. The lowest BCUT2D eigenvalue weighted by Gasteiger charge is -2.07. The molecule has 0 radical (unpaired) electrons. The molecule has 1 aromatic rings. The van der Waals surface area contributed by atoms with Gasteiger partial charge in [-0.1, -0.05) is 0 Å². The van der Waals surface area contributed by atoms with Gasteiger partial charge >= 0.3 is 5.51 Å². The van der Waals surface area contributed by atoms with Crippen molar-refractivity contribution < 1.29 is 26.4 Å². The van der Waals surface area contributed by atoms with Crippen LogP contribution < -0.4 is 5.32 Å². The van der Waals surface area contributed by atoms with Gasteiger partial charge in [-0.2, -0.15) is 13.2 Å². The van der Waals surface area contributed by atoms with Gasteiger partial charge in [-0.25, -0.2) is 8.42 Å². The van der Waals surface area contributed by atoms with E-state index in [2.05, 4.69) is 5.32 Å². The molecule has 9 heteroatoms. The van der Waals surface area contributed by atoms with Crippen LogP contribution in [0.3, 0.4) is 0 Å². The molecule has 20 heavy (non-hydrogen) atoms. The van der Waals surface area contributed by atoms with E-state index in [1.54, 1.807) is 0 Å². The first-order chi connectivity index (χ1) is 9.09. The molecule has 0 aliphatic heterocycles. The number of alkyl halides is 3. The molecule has 4 nitrogen and oxygen atoms in total. The summed E-state index contributed by atoms with van der Waals surface area (Å²) in [6.45, 7) is -0.128. The summed E-state index contributed by atoms with van der Waals surface area (Å²) in [6, 6.07) is 5.16.